The van der Waals surface area contributed by atoms with Crippen molar-refractivity contribution >= 4 is 62.5 Å². The minimum absolute atomic E-state index is 0.563. The van der Waals surface area contributed by atoms with Gasteiger partial charge in [0.05, 0.1) is 17.3 Å². The molecule has 0 atom stereocenters. The number of aromatic nitrogens is 1. The second-order valence-electron chi connectivity index (χ2n) is 8.29. The fraction of sp³-hybridized carbons (Fsp3) is 0.133. The Morgan fingerprint density at radius 3 is 2.14 bits per heavy atom. The first-order valence-corrected chi connectivity index (χ1v) is 12.8. The Labute approximate surface area is 215 Å². The number of benzene rings is 4. The first kappa shape index (κ1) is 23.3. The average Bonchev–Trinajstić information content (AvgIpc) is 2.92. The molecule has 0 spiro atoms. The van der Waals surface area contributed by atoms with Crippen molar-refractivity contribution in [2.75, 3.05) is 29.7 Å². The lowest BCUT2D eigenvalue weighted by Gasteiger charge is -2.22. The minimum atomic E-state index is 0.563. The van der Waals surface area contributed by atoms with Crippen molar-refractivity contribution in [1.29, 1.82) is 0 Å². The molecule has 4 aromatic carbocycles. The minimum Gasteiger partial charge on any atom is -0.369 e. The van der Waals surface area contributed by atoms with Gasteiger partial charge >= 0.3 is 0 Å². The summed E-state index contributed by atoms with van der Waals surface area (Å²) in [5, 5.41) is 3.69. The van der Waals surface area contributed by atoms with Crippen LogP contribution in [0.2, 0.25) is 0 Å². The fourth-order valence-corrected chi connectivity index (χ4v) is 4.87. The summed E-state index contributed by atoms with van der Waals surface area (Å²) in [5.41, 5.74) is 5.25. The molecule has 0 radical (unpaired) electrons. The molecule has 5 aromatic rings. The third-order valence-corrected chi connectivity index (χ3v) is 6.49. The van der Waals surface area contributed by atoms with E-state index in [1.165, 1.54) is 16.2 Å². The summed E-state index contributed by atoms with van der Waals surface area (Å²) in [6.45, 7) is 1.53. The van der Waals surface area contributed by atoms with Gasteiger partial charge in [-0.15, -0.1) is 23.2 Å². The lowest BCUT2D eigenvalue weighted by atomic mass is 10.0. The van der Waals surface area contributed by atoms with Crippen molar-refractivity contribution in [2.45, 2.75) is 0 Å². The van der Waals surface area contributed by atoms with Crippen LogP contribution in [0.25, 0.3) is 27.4 Å². The first-order chi connectivity index (χ1) is 17.3. The first-order valence-electron chi connectivity index (χ1n) is 11.7. The molecular weight excluding hydrogens is 473 g/mol. The van der Waals surface area contributed by atoms with E-state index in [4.69, 9.17) is 28.2 Å². The number of pyridine rings is 1. The molecule has 0 amide bonds. The van der Waals surface area contributed by atoms with Crippen molar-refractivity contribution in [3.05, 3.63) is 109 Å². The van der Waals surface area contributed by atoms with E-state index < -0.39 is 0 Å². The summed E-state index contributed by atoms with van der Waals surface area (Å²) in [4.78, 5) is 6.99. The quantitative estimate of drug-likeness (QED) is 0.0949. The van der Waals surface area contributed by atoms with Gasteiger partial charge in [0.25, 0.3) is 0 Å². The van der Waals surface area contributed by atoms with Gasteiger partial charge in [-0.25, -0.2) is 4.99 Å². The normalized spacial score (nSPS) is 11.5. The second kappa shape index (κ2) is 10.9. The number of rotatable bonds is 8. The molecule has 0 aliphatic rings. The van der Waals surface area contributed by atoms with E-state index in [0.717, 1.165) is 41.4 Å². The zero-order valence-corrected chi connectivity index (χ0v) is 20.8. The maximum Gasteiger partial charge on any atom is 0.230 e. The molecule has 0 saturated heterocycles. The van der Waals surface area contributed by atoms with E-state index in [1.807, 2.05) is 24.4 Å². The van der Waals surface area contributed by atoms with Crippen molar-refractivity contribution in [3.63, 3.8) is 0 Å². The van der Waals surface area contributed by atoms with Gasteiger partial charge in [0.2, 0.25) is 16.9 Å². The largest absolute Gasteiger partial charge is 0.369 e. The topological polar surface area (TPSA) is 19.5 Å². The molecule has 0 saturated carbocycles. The van der Waals surface area contributed by atoms with Gasteiger partial charge in [0, 0.05) is 54.8 Å². The molecule has 0 unspecified atom stereocenters. The Morgan fingerprint density at radius 2 is 1.40 bits per heavy atom. The van der Waals surface area contributed by atoms with Crippen LogP contribution in [-0.4, -0.2) is 31.1 Å². The number of hydrogen-bond acceptors (Lipinski definition) is 2. The third kappa shape index (κ3) is 5.02. The molecule has 0 aliphatic carbocycles. The van der Waals surface area contributed by atoms with E-state index in [9.17, 15) is 0 Å². The van der Waals surface area contributed by atoms with Gasteiger partial charge < -0.3 is 4.90 Å². The van der Waals surface area contributed by atoms with Crippen LogP contribution < -0.4 is 9.47 Å². The summed E-state index contributed by atoms with van der Waals surface area (Å²) < 4.78 is 2.27. The van der Waals surface area contributed by atoms with E-state index in [1.54, 1.807) is 0 Å². The molecule has 5 heteroatoms. The lowest BCUT2D eigenvalue weighted by molar-refractivity contribution is -0.568. The monoisotopic (exact) mass is 498 g/mol. The summed E-state index contributed by atoms with van der Waals surface area (Å²) in [5.74, 6) is 1.13. The van der Waals surface area contributed by atoms with Crippen LogP contribution in [-0.2, 0) is 0 Å². The summed E-state index contributed by atoms with van der Waals surface area (Å²) in [6, 6.07) is 35.9. The Kier molecular flexibility index (Phi) is 7.27. The highest BCUT2D eigenvalue weighted by atomic mass is 35.5. The van der Waals surface area contributed by atoms with Gasteiger partial charge in [0.15, 0.2) is 0 Å². The van der Waals surface area contributed by atoms with Crippen molar-refractivity contribution in [3.8, 4) is 5.69 Å². The van der Waals surface area contributed by atoms with E-state index >= 15 is 0 Å². The molecule has 3 nitrogen and oxygen atoms in total. The average molecular weight is 499 g/mol. The second-order valence-corrected chi connectivity index (χ2v) is 9.04. The van der Waals surface area contributed by atoms with E-state index in [-0.39, 0.29) is 0 Å². The molecular formula is C30H26Cl2N3+. The van der Waals surface area contributed by atoms with Crippen LogP contribution >= 0.6 is 23.2 Å². The van der Waals surface area contributed by atoms with Gasteiger partial charge in [0.1, 0.15) is 0 Å². The Bertz CT molecular complexity index is 1460. The summed E-state index contributed by atoms with van der Waals surface area (Å²) in [6.07, 6.45) is 1.94. The maximum atomic E-state index is 5.96. The van der Waals surface area contributed by atoms with E-state index in [2.05, 4.69) is 94.4 Å². The van der Waals surface area contributed by atoms with Gasteiger partial charge in [-0.2, -0.15) is 4.57 Å². The van der Waals surface area contributed by atoms with Crippen LogP contribution in [0.4, 0.5) is 11.4 Å². The number of fused-ring (bicyclic) bond motifs is 3. The van der Waals surface area contributed by atoms with E-state index in [0.29, 0.717) is 11.8 Å². The van der Waals surface area contributed by atoms with Crippen molar-refractivity contribution in [1.82, 2.24) is 0 Å². The standard InChI is InChI=1S/C30H26Cl2N3/c31-18-20-34(21-19-32)25-13-11-24(12-14-25)33-22-27-15-16-29-28-9-5-4-6-23(28)10-17-30(29)35(27)26-7-2-1-3-8-26/h1-17,22H,18-21H2/q+1. The predicted octanol–water partition coefficient (Wildman–Crippen LogP) is 7.30. The zero-order valence-electron chi connectivity index (χ0n) is 19.3. The molecule has 0 aliphatic heterocycles. The van der Waals surface area contributed by atoms with Gasteiger partial charge in [-0.3, -0.25) is 0 Å². The number of aliphatic imine (C=N–C) groups is 1. The molecule has 1 heterocycles. The van der Waals surface area contributed by atoms with Crippen LogP contribution in [0.1, 0.15) is 5.69 Å². The SMILES string of the molecule is ClCCN(CCCl)c1ccc(N=Cc2ccc3c4ccccc4ccc3[n+]2-c2ccccc2)cc1. The smallest absolute Gasteiger partial charge is 0.230 e. The molecule has 1 aromatic heterocycles. The maximum absolute atomic E-state index is 5.96. The number of halogens is 2. The highest BCUT2D eigenvalue weighted by Crippen LogP contribution is 2.25. The molecule has 0 N–H and O–H groups in total. The Hall–Kier alpha value is -3.40. The molecule has 174 valence electrons. The summed E-state index contributed by atoms with van der Waals surface area (Å²) >= 11 is 11.9. The molecule has 0 bridgehead atoms. The van der Waals surface area contributed by atoms with Crippen LogP contribution in [0.15, 0.2) is 108 Å². The predicted molar refractivity (Wildman–Crippen MR) is 150 cm³/mol. The molecule has 5 rings (SSSR count). The molecule has 0 fully saturated rings. The third-order valence-electron chi connectivity index (χ3n) is 6.15. The fourth-order valence-electron chi connectivity index (χ4n) is 4.47. The highest BCUT2D eigenvalue weighted by molar-refractivity contribution is 6.18. The molecule has 35 heavy (non-hydrogen) atoms. The number of alkyl halides is 2. The van der Waals surface area contributed by atoms with Crippen molar-refractivity contribution in [2.24, 2.45) is 4.99 Å². The van der Waals surface area contributed by atoms with Crippen LogP contribution in [0.5, 0.6) is 0 Å². The highest BCUT2D eigenvalue weighted by Gasteiger charge is 2.18. The number of para-hydroxylation sites is 1. The number of nitrogens with zero attached hydrogens (tertiary/aromatic N) is 3. The van der Waals surface area contributed by atoms with Crippen LogP contribution in [0.3, 0.4) is 0 Å². The van der Waals surface area contributed by atoms with Gasteiger partial charge in [-0.1, -0.05) is 42.5 Å². The van der Waals surface area contributed by atoms with Crippen LogP contribution in [0, 0.1) is 0 Å². The lowest BCUT2D eigenvalue weighted by Crippen LogP contribution is -2.36. The zero-order chi connectivity index (χ0) is 24.0. The summed E-state index contributed by atoms with van der Waals surface area (Å²) in [7, 11) is 0. The van der Waals surface area contributed by atoms with Gasteiger partial charge in [-0.05, 0) is 47.2 Å². The number of hydrogen-bond donors (Lipinski definition) is 0. The Balaban J connectivity index is 1.56. The van der Waals surface area contributed by atoms with Crippen molar-refractivity contribution < 1.29 is 4.57 Å². The number of anilines is 1. The Morgan fingerprint density at radius 1 is 0.686 bits per heavy atom.